The molecule has 0 spiro atoms. The number of hydrogen-bond donors (Lipinski definition) is 1. The van der Waals surface area contributed by atoms with E-state index < -0.39 is 52.7 Å². The van der Waals surface area contributed by atoms with Gasteiger partial charge in [-0.05, 0) is 48.0 Å². The van der Waals surface area contributed by atoms with Gasteiger partial charge >= 0.3 is 29.1 Å². The molecule has 2 aromatic heterocycles. The van der Waals surface area contributed by atoms with Crippen LogP contribution in [0.25, 0.3) is 11.4 Å². The van der Waals surface area contributed by atoms with E-state index in [1.807, 2.05) is 0 Å². The maximum Gasteiger partial charge on any atom is 0.573 e. The first-order valence-corrected chi connectivity index (χ1v) is 13.3. The van der Waals surface area contributed by atoms with Crippen LogP contribution in [0.1, 0.15) is 17.6 Å². The molecule has 0 unspecified atom stereocenters. The fraction of sp³-hybridized carbons (Fsp3) is 0.172. The molecule has 224 valence electrons. The number of hydrogen-bond acceptors (Lipinski definition) is 6. The Labute approximate surface area is 243 Å². The van der Waals surface area contributed by atoms with E-state index >= 15 is 0 Å². The maximum atomic E-state index is 13.9. The van der Waals surface area contributed by atoms with Gasteiger partial charge in [0, 0.05) is 5.56 Å². The predicted molar refractivity (Wildman–Crippen MR) is 149 cm³/mol. The van der Waals surface area contributed by atoms with E-state index in [4.69, 9.17) is 0 Å². The number of phenolic OH excluding ortho intramolecular Hbond substituents is 1. The number of para-hydroxylation sites is 2. The number of aromatic nitrogens is 6. The van der Waals surface area contributed by atoms with Crippen LogP contribution in [-0.4, -0.2) is 39.3 Å². The van der Waals surface area contributed by atoms with Crippen LogP contribution in [0.3, 0.4) is 0 Å². The van der Waals surface area contributed by atoms with Crippen molar-refractivity contribution in [2.45, 2.75) is 31.5 Å². The number of nitrogens with zero attached hydrogens (tertiary/aromatic N) is 6. The smallest absolute Gasteiger partial charge is 0.508 e. The Morgan fingerprint density at radius 1 is 0.727 bits per heavy atom. The summed E-state index contributed by atoms with van der Waals surface area (Å²) in [6, 6.07) is 16.6. The van der Waals surface area contributed by atoms with Crippen LogP contribution in [0.15, 0.2) is 110 Å². The Bertz CT molecular complexity index is 2200. The lowest BCUT2D eigenvalue weighted by Crippen LogP contribution is -2.47. The zero-order chi connectivity index (χ0) is 30.9. The van der Waals surface area contributed by atoms with E-state index in [9.17, 15) is 37.5 Å². The zero-order valence-electron chi connectivity index (χ0n) is 22.5. The summed E-state index contributed by atoms with van der Waals surface area (Å²) in [5.41, 5.74) is -2.32. The van der Waals surface area contributed by atoms with Gasteiger partial charge in [-0.1, -0.05) is 42.5 Å². The highest BCUT2D eigenvalue weighted by Crippen LogP contribution is 2.43. The number of rotatable bonds is 4. The summed E-state index contributed by atoms with van der Waals surface area (Å²) in [6.07, 6.45) is -3.48. The summed E-state index contributed by atoms with van der Waals surface area (Å²) in [5.74, 6) is -1.15. The molecule has 0 saturated heterocycles. The van der Waals surface area contributed by atoms with Crippen LogP contribution < -0.4 is 27.5 Å². The molecule has 4 heterocycles. The molecule has 1 N–H and O–H groups in total. The van der Waals surface area contributed by atoms with Gasteiger partial charge in [-0.25, -0.2) is 47.0 Å². The molecule has 0 amide bonds. The molecule has 12 nitrogen and oxygen atoms in total. The normalized spacial score (nSPS) is 17.4. The molecule has 7 rings (SSSR count). The standard InChI is InChI=1S/C29H21F3N6O6/c30-29(31,32)44-19-11-12-23(39)21(15-19)24-20-13-14-33-25(40)35(17-7-3-1-4-8-17)27(42)37(33)22(20)16-34-26(41)36(28(43)38(24)34)18-9-5-2-6-10-18/h1-13,15,22,24,39H,14,16H2/t22-,24-/m1/s1. The molecule has 15 heteroatoms. The monoisotopic (exact) mass is 606 g/mol. The summed E-state index contributed by atoms with van der Waals surface area (Å²) in [6.45, 7) is -0.401. The summed E-state index contributed by atoms with van der Waals surface area (Å²) < 4.78 is 49.9. The lowest BCUT2D eigenvalue weighted by Gasteiger charge is -2.37. The molecular formula is C29H21F3N6O6. The van der Waals surface area contributed by atoms with Crippen LogP contribution in [0, 0.1) is 0 Å². The molecule has 0 aliphatic carbocycles. The quantitative estimate of drug-likeness (QED) is 0.313. The Morgan fingerprint density at radius 2 is 1.30 bits per heavy atom. The molecule has 0 saturated carbocycles. The van der Waals surface area contributed by atoms with Crippen LogP contribution in [0.4, 0.5) is 13.2 Å². The van der Waals surface area contributed by atoms with Crippen LogP contribution in [0.2, 0.25) is 0 Å². The zero-order valence-corrected chi connectivity index (χ0v) is 22.5. The largest absolute Gasteiger partial charge is 0.573 e. The van der Waals surface area contributed by atoms with Crippen molar-refractivity contribution in [3.05, 3.63) is 138 Å². The summed E-state index contributed by atoms with van der Waals surface area (Å²) in [5, 5.41) is 10.9. The number of halogens is 3. The van der Waals surface area contributed by atoms with Crippen molar-refractivity contribution in [3.8, 4) is 22.9 Å². The molecule has 2 atom stereocenters. The Hall–Kier alpha value is -5.73. The molecule has 2 aliphatic heterocycles. The molecule has 0 fully saturated rings. The SMILES string of the molecule is O=c1n(-c2ccccc2)c(=O)n2n1CC=C1[C@H]2Cn2c(=O)n(-c3ccccc3)c(=O)n2[C@H]1c1cc(OC(F)(F)F)ccc1O. The second kappa shape index (κ2) is 9.65. The third-order valence-electron chi connectivity index (χ3n) is 7.76. The first kappa shape index (κ1) is 27.1. The number of aromatic hydroxyl groups is 1. The third kappa shape index (κ3) is 4.07. The van der Waals surface area contributed by atoms with E-state index in [0.717, 1.165) is 36.7 Å². The van der Waals surface area contributed by atoms with Gasteiger partial charge in [-0.3, -0.25) is 0 Å². The van der Waals surface area contributed by atoms with Crippen molar-refractivity contribution in [2.24, 2.45) is 0 Å². The van der Waals surface area contributed by atoms with E-state index in [2.05, 4.69) is 4.74 Å². The van der Waals surface area contributed by atoms with Gasteiger partial charge in [0.25, 0.3) is 0 Å². The van der Waals surface area contributed by atoms with Crippen molar-refractivity contribution >= 4 is 0 Å². The van der Waals surface area contributed by atoms with Gasteiger partial charge in [0.1, 0.15) is 17.5 Å². The number of fused-ring (bicyclic) bond motifs is 4. The molecule has 2 aliphatic rings. The Balaban J connectivity index is 1.49. The minimum Gasteiger partial charge on any atom is -0.508 e. The van der Waals surface area contributed by atoms with Gasteiger partial charge in [0.15, 0.2) is 0 Å². The van der Waals surface area contributed by atoms with Crippen molar-refractivity contribution in [2.75, 3.05) is 0 Å². The number of phenols is 1. The summed E-state index contributed by atoms with van der Waals surface area (Å²) in [7, 11) is 0. The Kier molecular flexibility index (Phi) is 5.95. The molecule has 44 heavy (non-hydrogen) atoms. The van der Waals surface area contributed by atoms with Gasteiger partial charge in [-0.15, -0.1) is 13.2 Å². The predicted octanol–water partition coefficient (Wildman–Crippen LogP) is 2.30. The van der Waals surface area contributed by atoms with Crippen molar-refractivity contribution < 1.29 is 23.0 Å². The van der Waals surface area contributed by atoms with Crippen molar-refractivity contribution in [1.82, 2.24) is 27.9 Å². The lowest BCUT2D eigenvalue weighted by atomic mass is 9.89. The third-order valence-corrected chi connectivity index (χ3v) is 7.76. The average molecular weight is 607 g/mol. The van der Waals surface area contributed by atoms with Gasteiger partial charge < -0.3 is 9.84 Å². The molecular weight excluding hydrogens is 585 g/mol. The molecule has 3 aromatic carbocycles. The van der Waals surface area contributed by atoms with Crippen molar-refractivity contribution in [1.29, 1.82) is 0 Å². The molecule has 5 aromatic rings. The molecule has 0 bridgehead atoms. The highest BCUT2D eigenvalue weighted by atomic mass is 19.4. The second-order valence-electron chi connectivity index (χ2n) is 10.2. The van der Waals surface area contributed by atoms with E-state index in [1.54, 1.807) is 54.6 Å². The van der Waals surface area contributed by atoms with E-state index in [-0.39, 0.29) is 24.3 Å². The highest BCUT2D eigenvalue weighted by molar-refractivity contribution is 5.46. The summed E-state index contributed by atoms with van der Waals surface area (Å²) in [4.78, 5) is 55.0. The van der Waals surface area contributed by atoms with Gasteiger partial charge in [0.05, 0.1) is 30.5 Å². The topological polar surface area (TPSA) is 127 Å². The second-order valence-corrected chi connectivity index (χ2v) is 10.2. The number of allylic oxidation sites excluding steroid dienone is 2. The van der Waals surface area contributed by atoms with E-state index in [0.29, 0.717) is 11.3 Å². The van der Waals surface area contributed by atoms with Crippen LogP contribution >= 0.6 is 0 Å². The lowest BCUT2D eigenvalue weighted by molar-refractivity contribution is -0.274. The maximum absolute atomic E-state index is 13.9. The number of benzene rings is 3. The van der Waals surface area contributed by atoms with Crippen molar-refractivity contribution in [3.63, 3.8) is 0 Å². The minimum atomic E-state index is -5.05. The van der Waals surface area contributed by atoms with Crippen LogP contribution in [-0.2, 0) is 13.1 Å². The van der Waals surface area contributed by atoms with Gasteiger partial charge in [-0.2, -0.15) is 0 Å². The Morgan fingerprint density at radius 3 is 1.89 bits per heavy atom. The average Bonchev–Trinajstić information content (AvgIpc) is 3.41. The number of alkyl halides is 3. The number of ether oxygens (including phenoxy) is 1. The van der Waals surface area contributed by atoms with Gasteiger partial charge in [0.2, 0.25) is 0 Å². The molecule has 0 radical (unpaired) electrons. The fourth-order valence-electron chi connectivity index (χ4n) is 5.98. The minimum absolute atomic E-state index is 0.131. The first-order valence-electron chi connectivity index (χ1n) is 13.3. The first-order chi connectivity index (χ1) is 21.0. The van der Waals surface area contributed by atoms with E-state index in [1.165, 1.54) is 21.5 Å². The summed E-state index contributed by atoms with van der Waals surface area (Å²) >= 11 is 0. The highest BCUT2D eigenvalue weighted by Gasteiger charge is 2.43. The fourth-order valence-corrected chi connectivity index (χ4v) is 5.98. The van der Waals surface area contributed by atoms with Crippen LogP contribution in [0.5, 0.6) is 11.5 Å².